The normalized spacial score (nSPS) is 19.7. The molecule has 1 aliphatic heterocycles. The zero-order chi connectivity index (χ0) is 15.7. The molecule has 0 saturated carbocycles. The number of benzene rings is 1. The second-order valence-corrected chi connectivity index (χ2v) is 7.02. The minimum absolute atomic E-state index is 0.0271. The maximum absolute atomic E-state index is 12.9. The molecule has 1 aromatic rings. The summed E-state index contributed by atoms with van der Waals surface area (Å²) < 4.78 is 72.1. The van der Waals surface area contributed by atoms with Crippen LogP contribution in [0.25, 0.3) is 0 Å². The quantitative estimate of drug-likeness (QED) is 0.787. The Balaban J connectivity index is 2.36. The van der Waals surface area contributed by atoms with Gasteiger partial charge in [0.1, 0.15) is 17.3 Å². The van der Waals surface area contributed by atoms with Crippen molar-refractivity contribution in [2.75, 3.05) is 13.2 Å². The van der Waals surface area contributed by atoms with Gasteiger partial charge in [0, 0.05) is 17.3 Å². The zero-order valence-electron chi connectivity index (χ0n) is 10.7. The Morgan fingerprint density at radius 2 is 2.10 bits per heavy atom. The van der Waals surface area contributed by atoms with Crippen LogP contribution in [0.5, 0.6) is 5.75 Å². The first-order valence-corrected chi connectivity index (χ1v) is 8.40. The first kappa shape index (κ1) is 16.4. The SMILES string of the molecule is O=S(=O)(Cl)c1c(OCC2CCCO2)cccc1C(F)(F)F. The molecule has 0 bridgehead atoms. The standard InChI is InChI=1S/C12H12ClF3O4S/c13-21(17,18)11-9(12(14,15)16)4-1-5-10(11)20-7-8-3-2-6-19-8/h1,4-5,8H,2-3,6-7H2. The first-order valence-electron chi connectivity index (χ1n) is 6.09. The van der Waals surface area contributed by atoms with E-state index in [1.54, 1.807) is 0 Å². The third-order valence-corrected chi connectivity index (χ3v) is 4.35. The van der Waals surface area contributed by atoms with E-state index in [9.17, 15) is 21.6 Å². The van der Waals surface area contributed by atoms with Crippen LogP contribution in [-0.4, -0.2) is 27.7 Å². The van der Waals surface area contributed by atoms with Crippen LogP contribution in [0.1, 0.15) is 18.4 Å². The highest BCUT2D eigenvalue weighted by molar-refractivity contribution is 8.13. The van der Waals surface area contributed by atoms with E-state index in [0.717, 1.165) is 18.6 Å². The van der Waals surface area contributed by atoms with Gasteiger partial charge in [0.15, 0.2) is 0 Å². The summed E-state index contributed by atoms with van der Waals surface area (Å²) >= 11 is 0. The van der Waals surface area contributed by atoms with Crippen LogP contribution in [0.4, 0.5) is 13.2 Å². The van der Waals surface area contributed by atoms with E-state index < -0.39 is 31.4 Å². The molecule has 1 unspecified atom stereocenters. The molecule has 0 N–H and O–H groups in total. The van der Waals surface area contributed by atoms with Crippen molar-refractivity contribution in [2.45, 2.75) is 30.0 Å². The number of hydrogen-bond donors (Lipinski definition) is 0. The molecular weight excluding hydrogens is 333 g/mol. The molecule has 1 atom stereocenters. The predicted octanol–water partition coefficient (Wildman–Crippen LogP) is 3.19. The summed E-state index contributed by atoms with van der Waals surface area (Å²) in [6, 6.07) is 2.85. The molecule has 0 amide bonds. The van der Waals surface area contributed by atoms with Gasteiger partial charge in [0.05, 0.1) is 11.7 Å². The molecule has 4 nitrogen and oxygen atoms in total. The molecule has 21 heavy (non-hydrogen) atoms. The van der Waals surface area contributed by atoms with E-state index in [1.807, 2.05) is 0 Å². The van der Waals surface area contributed by atoms with Gasteiger partial charge in [0.2, 0.25) is 0 Å². The van der Waals surface area contributed by atoms with Crippen molar-refractivity contribution in [2.24, 2.45) is 0 Å². The second kappa shape index (κ2) is 6.02. The molecule has 9 heteroatoms. The van der Waals surface area contributed by atoms with Crippen molar-refractivity contribution in [3.63, 3.8) is 0 Å². The summed E-state index contributed by atoms with van der Waals surface area (Å²) in [4.78, 5) is -1.06. The number of halogens is 4. The van der Waals surface area contributed by atoms with E-state index in [4.69, 9.17) is 20.2 Å². The molecule has 1 saturated heterocycles. The smallest absolute Gasteiger partial charge is 0.417 e. The van der Waals surface area contributed by atoms with E-state index in [-0.39, 0.29) is 12.7 Å². The summed E-state index contributed by atoms with van der Waals surface area (Å²) in [5, 5.41) is 0. The molecule has 118 valence electrons. The zero-order valence-corrected chi connectivity index (χ0v) is 12.3. The number of hydrogen-bond acceptors (Lipinski definition) is 4. The molecule has 0 spiro atoms. The Hall–Kier alpha value is -0.990. The van der Waals surface area contributed by atoms with Gasteiger partial charge in [-0.3, -0.25) is 0 Å². The summed E-state index contributed by atoms with van der Waals surface area (Å²) in [6.45, 7) is 0.526. The van der Waals surface area contributed by atoms with Crippen molar-refractivity contribution in [1.82, 2.24) is 0 Å². The summed E-state index contributed by atoms with van der Waals surface area (Å²) in [5.74, 6) is -0.421. The fourth-order valence-electron chi connectivity index (χ4n) is 2.06. The van der Waals surface area contributed by atoms with Crippen molar-refractivity contribution in [1.29, 1.82) is 0 Å². The van der Waals surface area contributed by atoms with E-state index in [1.165, 1.54) is 0 Å². The third-order valence-electron chi connectivity index (χ3n) is 2.98. The van der Waals surface area contributed by atoms with E-state index in [0.29, 0.717) is 19.1 Å². The fraction of sp³-hybridized carbons (Fsp3) is 0.500. The van der Waals surface area contributed by atoms with Gasteiger partial charge in [-0.25, -0.2) is 8.42 Å². The Bertz CT molecular complexity index is 609. The molecule has 0 aromatic heterocycles. The van der Waals surface area contributed by atoms with E-state index in [2.05, 4.69) is 0 Å². The summed E-state index contributed by atoms with van der Waals surface area (Å²) in [6.07, 6.45) is -3.56. The third kappa shape index (κ3) is 4.02. The molecule has 1 aliphatic rings. The number of alkyl halides is 3. The van der Waals surface area contributed by atoms with Gasteiger partial charge < -0.3 is 9.47 Å². The molecule has 1 fully saturated rings. The lowest BCUT2D eigenvalue weighted by atomic mass is 10.2. The monoisotopic (exact) mass is 344 g/mol. The van der Waals surface area contributed by atoms with Crippen LogP contribution >= 0.6 is 10.7 Å². The van der Waals surface area contributed by atoms with Gasteiger partial charge in [-0.1, -0.05) is 6.07 Å². The van der Waals surface area contributed by atoms with Crippen LogP contribution in [0.2, 0.25) is 0 Å². The Morgan fingerprint density at radius 1 is 1.38 bits per heavy atom. The summed E-state index contributed by atoms with van der Waals surface area (Å²) in [5.41, 5.74) is -1.35. The molecule has 0 aliphatic carbocycles. The van der Waals surface area contributed by atoms with Crippen LogP contribution < -0.4 is 4.74 Å². The van der Waals surface area contributed by atoms with Crippen molar-refractivity contribution >= 4 is 19.7 Å². The maximum atomic E-state index is 12.9. The van der Waals surface area contributed by atoms with Gasteiger partial charge >= 0.3 is 6.18 Å². The molecule has 1 aromatic carbocycles. The number of ether oxygens (including phenoxy) is 2. The average Bonchev–Trinajstić information content (AvgIpc) is 2.86. The van der Waals surface area contributed by atoms with Gasteiger partial charge in [0.25, 0.3) is 9.05 Å². The van der Waals surface area contributed by atoms with E-state index >= 15 is 0 Å². The highest BCUT2D eigenvalue weighted by Crippen LogP contribution is 2.40. The summed E-state index contributed by atoms with van der Waals surface area (Å²) in [7, 11) is 0.525. The van der Waals surface area contributed by atoms with Gasteiger partial charge in [-0.15, -0.1) is 0 Å². The van der Waals surface area contributed by atoms with Crippen LogP contribution in [0.3, 0.4) is 0 Å². The van der Waals surface area contributed by atoms with Crippen molar-refractivity contribution < 1.29 is 31.1 Å². The Morgan fingerprint density at radius 3 is 2.62 bits per heavy atom. The largest absolute Gasteiger partial charge is 0.489 e. The minimum Gasteiger partial charge on any atom is -0.489 e. The minimum atomic E-state index is -4.85. The molecule has 1 heterocycles. The Labute approximate surface area is 124 Å². The van der Waals surface area contributed by atoms with Crippen LogP contribution in [0, 0.1) is 0 Å². The van der Waals surface area contributed by atoms with Crippen LogP contribution in [0.15, 0.2) is 23.1 Å². The number of rotatable bonds is 4. The second-order valence-electron chi connectivity index (χ2n) is 4.51. The maximum Gasteiger partial charge on any atom is 0.417 e. The van der Waals surface area contributed by atoms with Crippen LogP contribution in [-0.2, 0) is 20.0 Å². The fourth-order valence-corrected chi connectivity index (χ4v) is 3.35. The highest BCUT2D eigenvalue weighted by atomic mass is 35.7. The van der Waals surface area contributed by atoms with Gasteiger partial charge in [-0.2, -0.15) is 13.2 Å². The molecule has 2 rings (SSSR count). The topological polar surface area (TPSA) is 52.6 Å². The molecular formula is C12H12ClF3O4S. The lowest BCUT2D eigenvalue weighted by Crippen LogP contribution is -2.18. The predicted molar refractivity (Wildman–Crippen MR) is 69.0 cm³/mol. The highest BCUT2D eigenvalue weighted by Gasteiger charge is 2.39. The van der Waals surface area contributed by atoms with Crippen molar-refractivity contribution in [3.05, 3.63) is 23.8 Å². The van der Waals surface area contributed by atoms with Crippen molar-refractivity contribution in [3.8, 4) is 5.75 Å². The first-order chi connectivity index (χ1) is 9.69. The average molecular weight is 345 g/mol. The Kier molecular flexibility index (Phi) is 4.69. The lowest BCUT2D eigenvalue weighted by Gasteiger charge is -2.17. The lowest BCUT2D eigenvalue weighted by molar-refractivity contribution is -0.140. The molecule has 0 radical (unpaired) electrons. The van der Waals surface area contributed by atoms with Gasteiger partial charge in [-0.05, 0) is 25.0 Å².